The highest BCUT2D eigenvalue weighted by molar-refractivity contribution is 5.91. The molecule has 0 amide bonds. The third-order valence-electron chi connectivity index (χ3n) is 7.71. The quantitative estimate of drug-likeness (QED) is 0.390. The highest BCUT2D eigenvalue weighted by atomic mass is 19.4. The van der Waals surface area contributed by atoms with E-state index in [9.17, 15) is 27.5 Å². The molecule has 0 saturated heterocycles. The number of alkyl halides is 3. The van der Waals surface area contributed by atoms with Crippen LogP contribution in [0.5, 0.6) is 0 Å². The Bertz CT molecular complexity index is 1450. The van der Waals surface area contributed by atoms with Crippen molar-refractivity contribution in [1.82, 2.24) is 24.6 Å². The zero-order valence-electron chi connectivity index (χ0n) is 18.4. The minimum absolute atomic E-state index is 0.0695. The number of fused-ring (bicyclic) bond motifs is 5. The fourth-order valence-corrected chi connectivity index (χ4v) is 6.12. The topological polar surface area (TPSA) is 96.2 Å². The van der Waals surface area contributed by atoms with E-state index in [4.69, 9.17) is 0 Å². The Morgan fingerprint density at radius 2 is 1.91 bits per heavy atom. The number of hydrogen-bond acceptors (Lipinski definition) is 4. The lowest BCUT2D eigenvalue weighted by atomic mass is 9.57. The van der Waals surface area contributed by atoms with Gasteiger partial charge in [-0.1, -0.05) is 0 Å². The van der Waals surface area contributed by atoms with Gasteiger partial charge in [0, 0.05) is 23.3 Å². The summed E-state index contributed by atoms with van der Waals surface area (Å²) >= 11 is 0. The molecule has 4 heterocycles. The van der Waals surface area contributed by atoms with Crippen LogP contribution in [0.4, 0.5) is 17.6 Å². The number of hydrogen-bond donors (Lipinski definition) is 2. The van der Waals surface area contributed by atoms with Crippen LogP contribution in [0.3, 0.4) is 0 Å². The zero-order chi connectivity index (χ0) is 24.5. The number of H-pyrrole nitrogens is 1. The summed E-state index contributed by atoms with van der Waals surface area (Å²) in [7, 11) is 0. The first kappa shape index (κ1) is 22.0. The molecule has 4 aromatic rings. The molecule has 0 aliphatic heterocycles. The molecule has 3 aliphatic rings. The molecule has 182 valence electrons. The molecule has 7 rings (SSSR count). The van der Waals surface area contributed by atoms with Crippen LogP contribution in [0.25, 0.3) is 27.9 Å². The van der Waals surface area contributed by atoms with Crippen LogP contribution >= 0.6 is 0 Å². The van der Waals surface area contributed by atoms with E-state index in [0.29, 0.717) is 22.3 Å². The van der Waals surface area contributed by atoms with Crippen molar-refractivity contribution in [2.75, 3.05) is 0 Å². The fraction of sp³-hybridized carbons (Fsp3) is 0.417. The normalized spacial score (nSPS) is 24.5. The standard InChI is InChI=1S/C24H21F4N5O2/c25-14-6-16-17(9-30-21(16)29-8-14)22-31-18(19-5-13(24(26,27)28)10-33(19)32-22)7-15-11-1-3-12(4-2-11)20(15)23(34)35/h5-6,8-12,15,20H,1-4,7H2,(H,29,30)(H,34,35)/t11-,12+,15-,20-/m0/s1. The number of nitrogens with zero attached hydrogens (tertiary/aromatic N) is 4. The fourth-order valence-electron chi connectivity index (χ4n) is 6.12. The summed E-state index contributed by atoms with van der Waals surface area (Å²) in [6, 6.07) is 2.27. The van der Waals surface area contributed by atoms with Crippen molar-refractivity contribution < 1.29 is 27.5 Å². The van der Waals surface area contributed by atoms with Crippen LogP contribution in [-0.2, 0) is 17.4 Å². The SMILES string of the molecule is O=C(O)[C@H]1[C@H]2CC[C@H](CC2)[C@@H]1Cc1nc(-c2c[nH]c3ncc(F)cc23)nn2cc(C(F)(F)F)cc12. The second kappa shape index (κ2) is 7.76. The van der Waals surface area contributed by atoms with Gasteiger partial charge >= 0.3 is 12.1 Å². The molecule has 2 atom stereocenters. The molecule has 0 aromatic carbocycles. The molecule has 35 heavy (non-hydrogen) atoms. The molecule has 0 spiro atoms. The number of aliphatic carboxylic acids is 1. The van der Waals surface area contributed by atoms with Gasteiger partial charge in [0.05, 0.1) is 28.9 Å². The average Bonchev–Trinajstić information content (AvgIpc) is 3.43. The van der Waals surface area contributed by atoms with E-state index in [1.165, 1.54) is 6.07 Å². The highest BCUT2D eigenvalue weighted by Crippen LogP contribution is 2.50. The molecule has 3 fully saturated rings. The third kappa shape index (κ3) is 3.64. The lowest BCUT2D eigenvalue weighted by Crippen LogP contribution is -2.45. The smallest absolute Gasteiger partial charge is 0.417 e. The predicted molar refractivity (Wildman–Crippen MR) is 117 cm³/mol. The molecule has 3 aliphatic carbocycles. The Labute approximate surface area is 196 Å². The van der Waals surface area contributed by atoms with Crippen LogP contribution in [0, 0.1) is 29.5 Å². The van der Waals surface area contributed by atoms with E-state index in [2.05, 4.69) is 20.1 Å². The van der Waals surface area contributed by atoms with Crippen molar-refractivity contribution in [3.05, 3.63) is 47.8 Å². The first-order chi connectivity index (χ1) is 16.7. The van der Waals surface area contributed by atoms with Crippen LogP contribution in [0.2, 0.25) is 0 Å². The monoisotopic (exact) mass is 487 g/mol. The van der Waals surface area contributed by atoms with Crippen molar-refractivity contribution in [3.63, 3.8) is 0 Å². The second-order valence-corrected chi connectivity index (χ2v) is 9.60. The van der Waals surface area contributed by atoms with E-state index < -0.39 is 29.4 Å². The molecule has 2 N–H and O–H groups in total. The van der Waals surface area contributed by atoms with Crippen LogP contribution < -0.4 is 0 Å². The van der Waals surface area contributed by atoms with Gasteiger partial charge in [-0.2, -0.15) is 13.2 Å². The minimum Gasteiger partial charge on any atom is -0.481 e. The van der Waals surface area contributed by atoms with Crippen LogP contribution in [0.1, 0.15) is 36.9 Å². The number of carbonyl (C=O) groups is 1. The molecule has 2 bridgehead atoms. The van der Waals surface area contributed by atoms with Crippen LogP contribution in [-0.4, -0.2) is 35.6 Å². The number of rotatable bonds is 4. The van der Waals surface area contributed by atoms with E-state index in [1.807, 2.05) is 0 Å². The number of halogens is 4. The molecule has 7 nitrogen and oxygen atoms in total. The Kier molecular flexibility index (Phi) is 4.87. The number of pyridine rings is 1. The maximum atomic E-state index is 13.9. The van der Waals surface area contributed by atoms with Gasteiger partial charge in [-0.15, -0.1) is 5.10 Å². The van der Waals surface area contributed by atoms with E-state index in [-0.39, 0.29) is 35.5 Å². The average molecular weight is 487 g/mol. The number of nitrogens with one attached hydrogen (secondary N) is 1. The summed E-state index contributed by atoms with van der Waals surface area (Å²) in [5.41, 5.74) is 0.476. The van der Waals surface area contributed by atoms with E-state index in [0.717, 1.165) is 48.7 Å². The molecule has 3 saturated carbocycles. The highest BCUT2D eigenvalue weighted by Gasteiger charge is 2.47. The van der Waals surface area contributed by atoms with Crippen LogP contribution in [0.15, 0.2) is 30.7 Å². The first-order valence-corrected chi connectivity index (χ1v) is 11.5. The van der Waals surface area contributed by atoms with Crippen molar-refractivity contribution in [2.45, 2.75) is 38.3 Å². The van der Waals surface area contributed by atoms with Gasteiger partial charge in [0.2, 0.25) is 0 Å². The number of carboxylic acids is 1. The second-order valence-electron chi connectivity index (χ2n) is 9.60. The molecule has 4 aromatic heterocycles. The zero-order valence-corrected chi connectivity index (χ0v) is 18.4. The molecular formula is C24H21F4N5O2. The van der Waals surface area contributed by atoms with E-state index >= 15 is 0 Å². The van der Waals surface area contributed by atoms with Crippen molar-refractivity contribution in [3.8, 4) is 11.4 Å². The third-order valence-corrected chi connectivity index (χ3v) is 7.71. The Hall–Kier alpha value is -3.50. The van der Waals surface area contributed by atoms with Gasteiger partial charge in [-0.05, 0) is 62.0 Å². The van der Waals surface area contributed by atoms with Gasteiger partial charge in [0.15, 0.2) is 5.82 Å². The van der Waals surface area contributed by atoms with Gasteiger partial charge < -0.3 is 10.1 Å². The van der Waals surface area contributed by atoms with Crippen molar-refractivity contribution >= 4 is 22.5 Å². The van der Waals surface area contributed by atoms with Crippen molar-refractivity contribution in [1.29, 1.82) is 0 Å². The molecule has 0 unspecified atom stereocenters. The molecular weight excluding hydrogens is 466 g/mol. The minimum atomic E-state index is -4.58. The Balaban J connectivity index is 1.51. The van der Waals surface area contributed by atoms with Gasteiger partial charge in [0.1, 0.15) is 11.5 Å². The predicted octanol–water partition coefficient (Wildman–Crippen LogP) is 5.11. The maximum Gasteiger partial charge on any atom is 0.417 e. The Morgan fingerprint density at radius 1 is 1.17 bits per heavy atom. The first-order valence-electron chi connectivity index (χ1n) is 11.5. The van der Waals surface area contributed by atoms with Gasteiger partial charge in [0.25, 0.3) is 0 Å². The number of carboxylic acid groups (broad SMARTS) is 1. The summed E-state index contributed by atoms with van der Waals surface area (Å²) in [4.78, 5) is 23.7. The molecule has 0 radical (unpaired) electrons. The summed E-state index contributed by atoms with van der Waals surface area (Å²) < 4.78 is 55.6. The lowest BCUT2D eigenvalue weighted by molar-refractivity contribution is -0.152. The van der Waals surface area contributed by atoms with E-state index in [1.54, 1.807) is 6.20 Å². The summed E-state index contributed by atoms with van der Waals surface area (Å²) in [6.45, 7) is 0. The van der Waals surface area contributed by atoms with Gasteiger partial charge in [-0.25, -0.2) is 18.9 Å². The summed E-state index contributed by atoms with van der Waals surface area (Å²) in [5.74, 6) is -1.84. The van der Waals surface area contributed by atoms with Gasteiger partial charge in [-0.3, -0.25) is 4.79 Å². The number of aromatic nitrogens is 5. The maximum absolute atomic E-state index is 13.9. The summed E-state index contributed by atoms with van der Waals surface area (Å²) in [6.07, 6.45) is 2.70. The lowest BCUT2D eigenvalue weighted by Gasteiger charge is -2.46. The van der Waals surface area contributed by atoms with Crippen molar-refractivity contribution in [2.24, 2.45) is 23.7 Å². The Morgan fingerprint density at radius 3 is 2.63 bits per heavy atom. The number of aromatic amines is 1. The largest absolute Gasteiger partial charge is 0.481 e. The molecule has 11 heteroatoms. The summed E-state index contributed by atoms with van der Waals surface area (Å²) in [5, 5.41) is 14.7.